The summed E-state index contributed by atoms with van der Waals surface area (Å²) in [5, 5.41) is 0. The molecule has 0 spiro atoms. The first-order valence-electron chi connectivity index (χ1n) is 5.72. The fraction of sp³-hybridized carbons (Fsp3) is 0.133. The first-order valence-corrected chi connectivity index (χ1v) is 5.72. The molecule has 2 rings (SSSR count). The Labute approximate surface area is 109 Å². The molecular weight excluding hydrogens is 250 g/mol. The number of carbonyl (C=O) groups excluding carboxylic acids is 1. The van der Waals surface area contributed by atoms with Crippen molar-refractivity contribution in [2.45, 2.75) is 6.42 Å². The third-order valence-corrected chi connectivity index (χ3v) is 2.80. The van der Waals surface area contributed by atoms with Crippen LogP contribution in [0.2, 0.25) is 0 Å². The molecule has 98 valence electrons. The van der Waals surface area contributed by atoms with Crippen LogP contribution in [0, 0.1) is 11.6 Å². The second-order valence-corrected chi connectivity index (χ2v) is 4.01. The summed E-state index contributed by atoms with van der Waals surface area (Å²) in [6.45, 7) is 0. The normalized spacial score (nSPS) is 10.3. The molecule has 0 aliphatic heterocycles. The van der Waals surface area contributed by atoms with Crippen LogP contribution in [-0.2, 0) is 6.42 Å². The van der Waals surface area contributed by atoms with E-state index in [1.54, 1.807) is 24.3 Å². The van der Waals surface area contributed by atoms with Gasteiger partial charge in [0, 0.05) is 12.0 Å². The Kier molecular flexibility index (Phi) is 3.90. The zero-order valence-electron chi connectivity index (χ0n) is 10.3. The third kappa shape index (κ3) is 2.78. The standard InChI is InChI=1S/C15H12F2O2/c1-19-14-8-3-2-5-10(14)9-13(18)11-6-4-7-12(16)15(11)17/h2-8H,9H2,1H3. The number of para-hydroxylation sites is 1. The van der Waals surface area contributed by atoms with Gasteiger partial charge in [-0.05, 0) is 18.2 Å². The zero-order chi connectivity index (χ0) is 13.8. The predicted molar refractivity (Wildman–Crippen MR) is 67.4 cm³/mol. The molecule has 0 atom stereocenters. The van der Waals surface area contributed by atoms with Crippen LogP contribution in [-0.4, -0.2) is 12.9 Å². The number of ketones is 1. The number of hydrogen-bond donors (Lipinski definition) is 0. The van der Waals surface area contributed by atoms with E-state index in [1.807, 2.05) is 0 Å². The zero-order valence-corrected chi connectivity index (χ0v) is 10.3. The fourth-order valence-electron chi connectivity index (χ4n) is 1.84. The van der Waals surface area contributed by atoms with Crippen LogP contribution in [0.25, 0.3) is 0 Å². The Morgan fingerprint density at radius 3 is 2.58 bits per heavy atom. The van der Waals surface area contributed by atoms with E-state index in [9.17, 15) is 13.6 Å². The van der Waals surface area contributed by atoms with Crippen molar-refractivity contribution in [1.29, 1.82) is 0 Å². The summed E-state index contributed by atoms with van der Waals surface area (Å²) in [5.74, 6) is -2.07. The predicted octanol–water partition coefficient (Wildman–Crippen LogP) is 3.40. The molecule has 0 aromatic heterocycles. The van der Waals surface area contributed by atoms with Crippen LogP contribution in [0.15, 0.2) is 42.5 Å². The molecule has 0 aliphatic rings. The average molecular weight is 262 g/mol. The van der Waals surface area contributed by atoms with Crippen molar-refractivity contribution in [1.82, 2.24) is 0 Å². The summed E-state index contributed by atoms with van der Waals surface area (Å²) in [5.41, 5.74) is 0.393. The van der Waals surface area contributed by atoms with Crippen LogP contribution in [0.4, 0.5) is 8.78 Å². The Balaban J connectivity index is 2.28. The van der Waals surface area contributed by atoms with Gasteiger partial charge >= 0.3 is 0 Å². The smallest absolute Gasteiger partial charge is 0.170 e. The van der Waals surface area contributed by atoms with Gasteiger partial charge in [0.25, 0.3) is 0 Å². The molecule has 2 nitrogen and oxygen atoms in total. The van der Waals surface area contributed by atoms with Gasteiger partial charge < -0.3 is 4.74 Å². The van der Waals surface area contributed by atoms with Crippen LogP contribution in [0.5, 0.6) is 5.75 Å². The lowest BCUT2D eigenvalue weighted by atomic mass is 10.0. The molecule has 0 amide bonds. The first kappa shape index (κ1) is 13.2. The second-order valence-electron chi connectivity index (χ2n) is 4.01. The summed E-state index contributed by atoms with van der Waals surface area (Å²) in [6.07, 6.45) is -0.0373. The maximum absolute atomic E-state index is 13.5. The molecule has 0 aliphatic carbocycles. The monoisotopic (exact) mass is 262 g/mol. The summed E-state index contributed by atoms with van der Waals surface area (Å²) in [4.78, 5) is 12.0. The van der Waals surface area contributed by atoms with Crippen LogP contribution in [0.1, 0.15) is 15.9 Å². The Bertz CT molecular complexity index is 609. The number of carbonyl (C=O) groups is 1. The van der Waals surface area contributed by atoms with Gasteiger partial charge in [-0.1, -0.05) is 24.3 Å². The summed E-state index contributed by atoms with van der Waals surface area (Å²) in [7, 11) is 1.49. The van der Waals surface area contributed by atoms with E-state index in [4.69, 9.17) is 4.74 Å². The molecule has 2 aromatic carbocycles. The Morgan fingerprint density at radius 2 is 1.84 bits per heavy atom. The molecular formula is C15H12F2O2. The molecule has 0 N–H and O–H groups in total. The van der Waals surface area contributed by atoms with E-state index >= 15 is 0 Å². The maximum atomic E-state index is 13.5. The van der Waals surface area contributed by atoms with E-state index in [1.165, 1.54) is 19.2 Å². The van der Waals surface area contributed by atoms with E-state index in [0.29, 0.717) is 11.3 Å². The number of benzene rings is 2. The highest BCUT2D eigenvalue weighted by molar-refractivity contribution is 5.98. The molecule has 0 heterocycles. The Hall–Kier alpha value is -2.23. The van der Waals surface area contributed by atoms with Crippen molar-refractivity contribution in [3.05, 3.63) is 65.2 Å². The molecule has 0 fully saturated rings. The molecule has 0 bridgehead atoms. The highest BCUT2D eigenvalue weighted by atomic mass is 19.2. The van der Waals surface area contributed by atoms with Crippen molar-refractivity contribution in [3.8, 4) is 5.75 Å². The van der Waals surface area contributed by atoms with Crippen molar-refractivity contribution in [3.63, 3.8) is 0 Å². The number of methoxy groups -OCH3 is 1. The quantitative estimate of drug-likeness (QED) is 0.789. The van der Waals surface area contributed by atoms with E-state index < -0.39 is 17.4 Å². The highest BCUT2D eigenvalue weighted by Crippen LogP contribution is 2.20. The molecule has 0 saturated heterocycles. The maximum Gasteiger partial charge on any atom is 0.170 e. The molecule has 2 aromatic rings. The van der Waals surface area contributed by atoms with Crippen LogP contribution in [0.3, 0.4) is 0 Å². The van der Waals surface area contributed by atoms with Gasteiger partial charge in [0.05, 0.1) is 12.7 Å². The van der Waals surface area contributed by atoms with E-state index in [0.717, 1.165) is 6.07 Å². The number of rotatable bonds is 4. The molecule has 4 heteroatoms. The van der Waals surface area contributed by atoms with Gasteiger partial charge in [0.1, 0.15) is 5.75 Å². The van der Waals surface area contributed by atoms with Crippen LogP contribution < -0.4 is 4.74 Å². The highest BCUT2D eigenvalue weighted by Gasteiger charge is 2.16. The minimum absolute atomic E-state index is 0.0373. The molecule has 0 unspecified atom stereocenters. The number of ether oxygens (including phenoxy) is 1. The molecule has 0 radical (unpaired) electrons. The summed E-state index contributed by atoms with van der Waals surface area (Å²) in [6, 6.07) is 10.5. The number of Topliss-reactive ketones (excluding diaryl/α,β-unsaturated/α-hetero) is 1. The van der Waals surface area contributed by atoms with Crippen LogP contribution >= 0.6 is 0 Å². The summed E-state index contributed by atoms with van der Waals surface area (Å²) < 4.78 is 31.7. The average Bonchev–Trinajstić information content (AvgIpc) is 2.42. The second kappa shape index (κ2) is 5.61. The van der Waals surface area contributed by atoms with Crippen molar-refractivity contribution in [2.75, 3.05) is 7.11 Å². The minimum atomic E-state index is -1.11. The fourth-order valence-corrected chi connectivity index (χ4v) is 1.84. The number of hydrogen-bond acceptors (Lipinski definition) is 2. The molecule has 0 saturated carbocycles. The van der Waals surface area contributed by atoms with Crippen molar-refractivity contribution >= 4 is 5.78 Å². The lowest BCUT2D eigenvalue weighted by molar-refractivity contribution is 0.0987. The lowest BCUT2D eigenvalue weighted by Gasteiger charge is -2.08. The van der Waals surface area contributed by atoms with Gasteiger partial charge in [-0.3, -0.25) is 4.79 Å². The lowest BCUT2D eigenvalue weighted by Crippen LogP contribution is -2.08. The molecule has 19 heavy (non-hydrogen) atoms. The van der Waals surface area contributed by atoms with E-state index in [-0.39, 0.29) is 12.0 Å². The van der Waals surface area contributed by atoms with Gasteiger partial charge in [-0.25, -0.2) is 8.78 Å². The topological polar surface area (TPSA) is 26.3 Å². The first-order chi connectivity index (χ1) is 9.13. The minimum Gasteiger partial charge on any atom is -0.496 e. The van der Waals surface area contributed by atoms with Gasteiger partial charge in [0.2, 0.25) is 0 Å². The SMILES string of the molecule is COc1ccccc1CC(=O)c1cccc(F)c1F. The van der Waals surface area contributed by atoms with Crippen molar-refractivity contribution < 1.29 is 18.3 Å². The van der Waals surface area contributed by atoms with Crippen molar-refractivity contribution in [2.24, 2.45) is 0 Å². The largest absolute Gasteiger partial charge is 0.496 e. The number of halogens is 2. The van der Waals surface area contributed by atoms with E-state index in [2.05, 4.69) is 0 Å². The van der Waals surface area contributed by atoms with Gasteiger partial charge in [0.15, 0.2) is 17.4 Å². The summed E-state index contributed by atoms with van der Waals surface area (Å²) >= 11 is 0. The Morgan fingerprint density at radius 1 is 1.11 bits per heavy atom. The van der Waals surface area contributed by atoms with Gasteiger partial charge in [-0.2, -0.15) is 0 Å². The van der Waals surface area contributed by atoms with Gasteiger partial charge in [-0.15, -0.1) is 0 Å². The third-order valence-electron chi connectivity index (χ3n) is 2.80.